The predicted molar refractivity (Wildman–Crippen MR) is 97.6 cm³/mol. The van der Waals surface area contributed by atoms with E-state index in [4.69, 9.17) is 4.74 Å². The van der Waals surface area contributed by atoms with Gasteiger partial charge in [-0.1, -0.05) is 60.7 Å². The lowest BCUT2D eigenvalue weighted by atomic mass is 10.0. The summed E-state index contributed by atoms with van der Waals surface area (Å²) in [5, 5.41) is 4.97. The van der Waals surface area contributed by atoms with Crippen LogP contribution >= 0.6 is 0 Å². The van der Waals surface area contributed by atoms with Crippen LogP contribution < -0.4 is 10.1 Å². The molecule has 0 aliphatic carbocycles. The SMILES string of the molecule is CCOc1ccc2ccccc2c1C(=O)NCCc1ccccc1. The lowest BCUT2D eigenvalue weighted by Gasteiger charge is -2.13. The Labute approximate surface area is 142 Å². The third-order valence-corrected chi connectivity index (χ3v) is 3.96. The molecule has 3 nitrogen and oxygen atoms in total. The third kappa shape index (κ3) is 3.57. The minimum atomic E-state index is -0.0915. The summed E-state index contributed by atoms with van der Waals surface area (Å²) in [7, 11) is 0. The van der Waals surface area contributed by atoms with Gasteiger partial charge in [0.15, 0.2) is 0 Å². The van der Waals surface area contributed by atoms with Crippen molar-refractivity contribution in [1.29, 1.82) is 0 Å². The van der Waals surface area contributed by atoms with Crippen LogP contribution in [0, 0.1) is 0 Å². The molecule has 0 radical (unpaired) electrons. The molecular weight excluding hydrogens is 298 g/mol. The molecule has 0 bridgehead atoms. The van der Waals surface area contributed by atoms with Gasteiger partial charge in [-0.2, -0.15) is 0 Å². The number of nitrogens with one attached hydrogen (secondary N) is 1. The summed E-state index contributed by atoms with van der Waals surface area (Å²) in [6.45, 7) is 3.05. The first-order valence-corrected chi connectivity index (χ1v) is 8.26. The van der Waals surface area contributed by atoms with Crippen molar-refractivity contribution < 1.29 is 9.53 Å². The van der Waals surface area contributed by atoms with E-state index < -0.39 is 0 Å². The van der Waals surface area contributed by atoms with E-state index in [-0.39, 0.29) is 5.91 Å². The monoisotopic (exact) mass is 319 g/mol. The number of fused-ring (bicyclic) bond motifs is 1. The maximum Gasteiger partial charge on any atom is 0.255 e. The quantitative estimate of drug-likeness (QED) is 0.739. The van der Waals surface area contributed by atoms with E-state index in [1.807, 2.05) is 61.5 Å². The van der Waals surface area contributed by atoms with E-state index in [2.05, 4.69) is 17.4 Å². The molecule has 3 aromatic carbocycles. The van der Waals surface area contributed by atoms with Gasteiger partial charge in [0.05, 0.1) is 12.2 Å². The molecule has 3 heteroatoms. The van der Waals surface area contributed by atoms with Gasteiger partial charge < -0.3 is 10.1 Å². The predicted octanol–water partition coefficient (Wildman–Crippen LogP) is 4.21. The maximum absolute atomic E-state index is 12.8. The summed E-state index contributed by atoms with van der Waals surface area (Å²) < 4.78 is 5.67. The zero-order chi connectivity index (χ0) is 16.8. The number of hydrogen-bond acceptors (Lipinski definition) is 2. The van der Waals surface area contributed by atoms with Crippen molar-refractivity contribution in [2.45, 2.75) is 13.3 Å². The third-order valence-electron chi connectivity index (χ3n) is 3.96. The zero-order valence-electron chi connectivity index (χ0n) is 13.8. The highest BCUT2D eigenvalue weighted by atomic mass is 16.5. The van der Waals surface area contributed by atoms with Crippen molar-refractivity contribution in [3.05, 3.63) is 77.9 Å². The molecule has 0 spiro atoms. The number of amides is 1. The molecule has 0 atom stereocenters. The maximum atomic E-state index is 12.8. The van der Waals surface area contributed by atoms with E-state index in [1.54, 1.807) is 0 Å². The minimum Gasteiger partial charge on any atom is -0.493 e. The standard InChI is InChI=1S/C21H21NO2/c1-2-24-19-13-12-17-10-6-7-11-18(17)20(19)21(23)22-15-14-16-8-4-3-5-9-16/h3-13H,2,14-15H2,1H3,(H,22,23). The molecule has 0 aliphatic heterocycles. The molecular formula is C21H21NO2. The topological polar surface area (TPSA) is 38.3 Å². The van der Waals surface area contributed by atoms with Crippen LogP contribution in [-0.2, 0) is 6.42 Å². The lowest BCUT2D eigenvalue weighted by molar-refractivity contribution is 0.0952. The summed E-state index contributed by atoms with van der Waals surface area (Å²) in [5.74, 6) is 0.541. The highest BCUT2D eigenvalue weighted by Gasteiger charge is 2.16. The highest BCUT2D eigenvalue weighted by molar-refractivity contribution is 6.09. The van der Waals surface area contributed by atoms with Crippen molar-refractivity contribution in [2.75, 3.05) is 13.2 Å². The molecule has 1 N–H and O–H groups in total. The van der Waals surface area contributed by atoms with Crippen LogP contribution in [0.3, 0.4) is 0 Å². The van der Waals surface area contributed by atoms with Gasteiger partial charge in [-0.25, -0.2) is 0 Å². The lowest BCUT2D eigenvalue weighted by Crippen LogP contribution is -2.26. The van der Waals surface area contributed by atoms with Gasteiger partial charge in [-0.05, 0) is 35.7 Å². The van der Waals surface area contributed by atoms with Gasteiger partial charge in [-0.3, -0.25) is 4.79 Å². The van der Waals surface area contributed by atoms with Gasteiger partial charge >= 0.3 is 0 Å². The number of rotatable bonds is 6. The largest absolute Gasteiger partial charge is 0.493 e. The van der Waals surface area contributed by atoms with E-state index in [0.29, 0.717) is 24.5 Å². The molecule has 0 saturated carbocycles. The first-order valence-electron chi connectivity index (χ1n) is 8.26. The van der Waals surface area contributed by atoms with Crippen LogP contribution in [0.5, 0.6) is 5.75 Å². The second-order valence-corrected chi connectivity index (χ2v) is 5.58. The fraction of sp³-hybridized carbons (Fsp3) is 0.190. The van der Waals surface area contributed by atoms with Crippen LogP contribution in [0.4, 0.5) is 0 Å². The fourth-order valence-electron chi connectivity index (χ4n) is 2.81. The molecule has 0 unspecified atom stereocenters. The van der Waals surface area contributed by atoms with E-state index in [1.165, 1.54) is 5.56 Å². The molecule has 0 heterocycles. The normalized spacial score (nSPS) is 10.5. The van der Waals surface area contributed by atoms with Crippen molar-refractivity contribution in [1.82, 2.24) is 5.32 Å². The van der Waals surface area contributed by atoms with Crippen LogP contribution in [0.2, 0.25) is 0 Å². The molecule has 0 saturated heterocycles. The first-order chi connectivity index (χ1) is 11.8. The van der Waals surface area contributed by atoms with Crippen LogP contribution in [0.15, 0.2) is 66.7 Å². The van der Waals surface area contributed by atoms with Crippen molar-refractivity contribution in [3.63, 3.8) is 0 Å². The summed E-state index contributed by atoms with van der Waals surface area (Å²) in [6, 6.07) is 21.9. The molecule has 1 amide bonds. The number of ether oxygens (including phenoxy) is 1. The van der Waals surface area contributed by atoms with Crippen LogP contribution in [0.25, 0.3) is 10.8 Å². The van der Waals surface area contributed by atoms with Gasteiger partial charge in [0.1, 0.15) is 5.75 Å². The van der Waals surface area contributed by atoms with Gasteiger partial charge in [0.2, 0.25) is 0 Å². The minimum absolute atomic E-state index is 0.0915. The van der Waals surface area contributed by atoms with Crippen LogP contribution in [0.1, 0.15) is 22.8 Å². The Balaban J connectivity index is 1.81. The molecule has 24 heavy (non-hydrogen) atoms. The van der Waals surface area contributed by atoms with Gasteiger partial charge in [-0.15, -0.1) is 0 Å². The summed E-state index contributed by atoms with van der Waals surface area (Å²) in [6.07, 6.45) is 0.807. The molecule has 0 fully saturated rings. The Morgan fingerprint density at radius 2 is 1.71 bits per heavy atom. The van der Waals surface area contributed by atoms with E-state index in [0.717, 1.165) is 17.2 Å². The molecule has 3 rings (SSSR count). The molecule has 0 aliphatic rings. The van der Waals surface area contributed by atoms with Crippen molar-refractivity contribution in [2.24, 2.45) is 0 Å². The van der Waals surface area contributed by atoms with Crippen molar-refractivity contribution in [3.8, 4) is 5.75 Å². The molecule has 3 aromatic rings. The smallest absolute Gasteiger partial charge is 0.255 e. The summed E-state index contributed by atoms with van der Waals surface area (Å²) in [4.78, 5) is 12.8. The number of carbonyl (C=O) groups is 1. The van der Waals surface area contributed by atoms with E-state index >= 15 is 0 Å². The first kappa shape index (κ1) is 16.1. The number of hydrogen-bond donors (Lipinski definition) is 1. The molecule has 122 valence electrons. The average molecular weight is 319 g/mol. The Bertz CT molecular complexity index is 828. The number of carbonyl (C=O) groups excluding carboxylic acids is 1. The zero-order valence-corrected chi connectivity index (χ0v) is 13.8. The van der Waals surface area contributed by atoms with Gasteiger partial charge in [0.25, 0.3) is 5.91 Å². The van der Waals surface area contributed by atoms with Crippen LogP contribution in [-0.4, -0.2) is 19.1 Å². The van der Waals surface area contributed by atoms with Crippen molar-refractivity contribution >= 4 is 16.7 Å². The van der Waals surface area contributed by atoms with Gasteiger partial charge in [0, 0.05) is 6.54 Å². The Morgan fingerprint density at radius 1 is 0.958 bits per heavy atom. The summed E-state index contributed by atoms with van der Waals surface area (Å²) in [5.41, 5.74) is 1.82. The Morgan fingerprint density at radius 3 is 2.50 bits per heavy atom. The second-order valence-electron chi connectivity index (χ2n) is 5.58. The number of benzene rings is 3. The molecule has 0 aromatic heterocycles. The van der Waals surface area contributed by atoms with E-state index in [9.17, 15) is 4.79 Å². The second kappa shape index (κ2) is 7.64. The Kier molecular flexibility index (Phi) is 5.12. The average Bonchev–Trinajstić information content (AvgIpc) is 2.62. The summed E-state index contributed by atoms with van der Waals surface area (Å²) >= 11 is 0. The Hall–Kier alpha value is -2.81. The fourth-order valence-corrected chi connectivity index (χ4v) is 2.81. The highest BCUT2D eigenvalue weighted by Crippen LogP contribution is 2.28.